The Bertz CT molecular complexity index is 431. The van der Waals surface area contributed by atoms with E-state index < -0.39 is 17.2 Å². The van der Waals surface area contributed by atoms with E-state index in [4.69, 9.17) is 10.5 Å². The van der Waals surface area contributed by atoms with Crippen LogP contribution in [-0.4, -0.2) is 24.6 Å². The molecule has 0 aromatic heterocycles. The summed E-state index contributed by atoms with van der Waals surface area (Å²) in [6.45, 7) is 5.63. The summed E-state index contributed by atoms with van der Waals surface area (Å²) < 4.78 is 5.32. The maximum atomic E-state index is 10.8. The topological polar surface area (TPSA) is 72.5 Å². The average molecular weight is 288 g/mol. The maximum Gasteiger partial charge on any atom is 0.169 e. The number of methoxy groups -OCH3 is 1. The van der Waals surface area contributed by atoms with E-state index in [1.54, 1.807) is 24.3 Å². The van der Waals surface area contributed by atoms with E-state index in [0.717, 1.165) is 6.29 Å². The lowest BCUT2D eigenvalue weighted by Gasteiger charge is -2.40. The van der Waals surface area contributed by atoms with Gasteiger partial charge in [0.15, 0.2) is 5.72 Å². The van der Waals surface area contributed by atoms with Gasteiger partial charge in [0, 0.05) is 18.2 Å². The summed E-state index contributed by atoms with van der Waals surface area (Å²) in [5.41, 5.74) is 5.49. The molecule has 1 rings (SSSR count). The molecule has 0 aliphatic rings. The minimum atomic E-state index is -1.34. The van der Waals surface area contributed by atoms with Crippen molar-refractivity contribution in [1.82, 2.24) is 0 Å². The molecule has 19 heavy (non-hydrogen) atoms. The van der Waals surface area contributed by atoms with Crippen LogP contribution in [0.1, 0.15) is 36.7 Å². The van der Waals surface area contributed by atoms with Gasteiger partial charge >= 0.3 is 0 Å². The molecule has 3 N–H and O–H groups in total. The summed E-state index contributed by atoms with van der Waals surface area (Å²) in [5.74, 6) is 0. The van der Waals surface area contributed by atoms with E-state index >= 15 is 0 Å². The Morgan fingerprint density at radius 2 is 1.95 bits per heavy atom. The summed E-state index contributed by atoms with van der Waals surface area (Å²) >= 11 is 0. The Hall–Kier alpha value is -0.940. The van der Waals surface area contributed by atoms with Gasteiger partial charge in [-0.1, -0.05) is 39.0 Å². The maximum absolute atomic E-state index is 10.8. The summed E-state index contributed by atoms with van der Waals surface area (Å²) in [6, 6.07) is 6.77. The highest BCUT2D eigenvalue weighted by Gasteiger charge is 2.42. The van der Waals surface area contributed by atoms with Crippen LogP contribution in [0, 0.1) is 5.41 Å². The molecule has 0 amide bonds. The van der Waals surface area contributed by atoms with Gasteiger partial charge in [-0.15, -0.1) is 12.4 Å². The lowest BCUT2D eigenvalue weighted by Crippen LogP contribution is -2.54. The summed E-state index contributed by atoms with van der Waals surface area (Å²) in [5, 5.41) is 10.4. The van der Waals surface area contributed by atoms with Gasteiger partial charge in [-0.25, -0.2) is 0 Å². The predicted octanol–water partition coefficient (Wildman–Crippen LogP) is 2.09. The number of hydrogen-bond acceptors (Lipinski definition) is 4. The molecule has 2 atom stereocenters. The van der Waals surface area contributed by atoms with Crippen LogP contribution in [0.25, 0.3) is 0 Å². The fourth-order valence-electron chi connectivity index (χ4n) is 1.89. The van der Waals surface area contributed by atoms with Crippen LogP contribution >= 0.6 is 12.4 Å². The van der Waals surface area contributed by atoms with E-state index in [1.165, 1.54) is 7.11 Å². The van der Waals surface area contributed by atoms with Gasteiger partial charge in [0.05, 0.1) is 0 Å². The van der Waals surface area contributed by atoms with E-state index in [9.17, 15) is 9.90 Å². The van der Waals surface area contributed by atoms with Crippen molar-refractivity contribution in [3.63, 3.8) is 0 Å². The van der Waals surface area contributed by atoms with Crippen molar-refractivity contribution in [3.05, 3.63) is 35.4 Å². The molecular weight excluding hydrogens is 266 g/mol. The van der Waals surface area contributed by atoms with Gasteiger partial charge in [-0.05, 0) is 11.5 Å². The largest absolute Gasteiger partial charge is 0.388 e. The quantitative estimate of drug-likeness (QED) is 0.657. The Morgan fingerprint density at radius 3 is 2.37 bits per heavy atom. The van der Waals surface area contributed by atoms with Gasteiger partial charge in [0.1, 0.15) is 12.4 Å². The molecule has 0 spiro atoms. The molecule has 0 aliphatic heterocycles. The third kappa shape index (κ3) is 3.76. The predicted molar refractivity (Wildman–Crippen MR) is 77.4 cm³/mol. The van der Waals surface area contributed by atoms with Crippen LogP contribution < -0.4 is 5.73 Å². The van der Waals surface area contributed by atoms with Gasteiger partial charge < -0.3 is 9.84 Å². The average Bonchev–Trinajstić information content (AvgIpc) is 2.36. The van der Waals surface area contributed by atoms with Crippen molar-refractivity contribution in [2.75, 3.05) is 7.11 Å². The smallest absolute Gasteiger partial charge is 0.169 e. The fraction of sp³-hybridized carbons (Fsp3) is 0.500. The number of rotatable bonds is 4. The SMILES string of the molecule is CO[C@@](N)(c1cccc(C=O)c1)[C@@H](O)C(C)(C)C.Cl. The van der Waals surface area contributed by atoms with E-state index in [2.05, 4.69) is 0 Å². The highest BCUT2D eigenvalue weighted by atomic mass is 35.5. The Morgan fingerprint density at radius 1 is 1.37 bits per heavy atom. The summed E-state index contributed by atoms with van der Waals surface area (Å²) in [7, 11) is 1.45. The first kappa shape index (κ1) is 18.1. The third-order valence-electron chi connectivity index (χ3n) is 3.04. The number of halogens is 1. The molecule has 0 saturated heterocycles. The van der Waals surface area contributed by atoms with Crippen LogP contribution in [0.3, 0.4) is 0 Å². The normalized spacial score (nSPS) is 16.1. The van der Waals surface area contributed by atoms with Crippen LogP contribution in [-0.2, 0) is 10.5 Å². The zero-order valence-corrected chi connectivity index (χ0v) is 12.5. The van der Waals surface area contributed by atoms with Crippen molar-refractivity contribution in [1.29, 1.82) is 0 Å². The van der Waals surface area contributed by atoms with Crippen LogP contribution in [0.2, 0.25) is 0 Å². The van der Waals surface area contributed by atoms with E-state index in [-0.39, 0.29) is 12.4 Å². The standard InChI is InChI=1S/C14H21NO3.ClH/c1-13(2,3)12(17)14(15,18-4)11-7-5-6-10(8-11)9-16;/h5-9,12,17H,15H2,1-4H3;1H/t12-,14-;/m0./s1. The monoisotopic (exact) mass is 287 g/mol. The molecule has 108 valence electrons. The molecule has 1 aromatic rings. The molecular formula is C14H22ClNO3. The van der Waals surface area contributed by atoms with Gasteiger partial charge in [-0.2, -0.15) is 0 Å². The zero-order valence-electron chi connectivity index (χ0n) is 11.7. The fourth-order valence-corrected chi connectivity index (χ4v) is 1.89. The number of carbonyl (C=O) groups excluding carboxylic acids is 1. The first-order chi connectivity index (χ1) is 8.25. The van der Waals surface area contributed by atoms with E-state index in [0.29, 0.717) is 11.1 Å². The molecule has 0 saturated carbocycles. The molecule has 1 aromatic carbocycles. The second kappa shape index (κ2) is 6.48. The van der Waals surface area contributed by atoms with Crippen LogP contribution in [0.5, 0.6) is 0 Å². The van der Waals surface area contributed by atoms with Crippen molar-refractivity contribution < 1.29 is 14.6 Å². The molecule has 0 bridgehead atoms. The van der Waals surface area contributed by atoms with Crippen LogP contribution in [0.4, 0.5) is 0 Å². The number of benzene rings is 1. The Labute approximate surface area is 120 Å². The Kier molecular flexibility index (Phi) is 6.16. The van der Waals surface area contributed by atoms with Crippen molar-refractivity contribution in [3.8, 4) is 0 Å². The molecule has 0 heterocycles. The first-order valence-corrected chi connectivity index (χ1v) is 5.83. The second-order valence-corrected chi connectivity index (χ2v) is 5.51. The highest BCUT2D eigenvalue weighted by molar-refractivity contribution is 5.85. The number of aliphatic hydroxyl groups is 1. The second-order valence-electron chi connectivity index (χ2n) is 5.51. The van der Waals surface area contributed by atoms with Crippen molar-refractivity contribution in [2.24, 2.45) is 11.1 Å². The van der Waals surface area contributed by atoms with Gasteiger partial charge in [-0.3, -0.25) is 10.5 Å². The lowest BCUT2D eigenvalue weighted by molar-refractivity contribution is -0.144. The van der Waals surface area contributed by atoms with E-state index in [1.807, 2.05) is 20.8 Å². The first-order valence-electron chi connectivity index (χ1n) is 5.83. The molecule has 5 heteroatoms. The van der Waals surface area contributed by atoms with Gasteiger partial charge in [0.2, 0.25) is 0 Å². The van der Waals surface area contributed by atoms with Crippen molar-refractivity contribution in [2.45, 2.75) is 32.6 Å². The van der Waals surface area contributed by atoms with Crippen LogP contribution in [0.15, 0.2) is 24.3 Å². The van der Waals surface area contributed by atoms with Crippen molar-refractivity contribution >= 4 is 18.7 Å². The third-order valence-corrected chi connectivity index (χ3v) is 3.04. The molecule has 0 unspecified atom stereocenters. The molecule has 0 aliphatic carbocycles. The number of aldehydes is 1. The number of nitrogens with two attached hydrogens (primary N) is 1. The molecule has 0 radical (unpaired) electrons. The Balaban J connectivity index is 0.00000324. The highest BCUT2D eigenvalue weighted by Crippen LogP contribution is 2.34. The minimum Gasteiger partial charge on any atom is -0.388 e. The number of hydrogen-bond donors (Lipinski definition) is 2. The molecule has 4 nitrogen and oxygen atoms in total. The number of ether oxygens (including phenoxy) is 1. The zero-order chi connectivity index (χ0) is 14.0. The number of aliphatic hydroxyl groups excluding tert-OH is 1. The number of carbonyl (C=O) groups is 1. The summed E-state index contributed by atoms with van der Waals surface area (Å²) in [4.78, 5) is 10.8. The molecule has 0 fully saturated rings. The minimum absolute atomic E-state index is 0. The van der Waals surface area contributed by atoms with Gasteiger partial charge in [0.25, 0.3) is 0 Å². The lowest BCUT2D eigenvalue weighted by atomic mass is 9.80. The summed E-state index contributed by atoms with van der Waals surface area (Å²) in [6.07, 6.45) is -0.167.